The van der Waals surface area contributed by atoms with Crippen molar-refractivity contribution >= 4 is 21.7 Å². The van der Waals surface area contributed by atoms with Crippen molar-refractivity contribution in [1.29, 1.82) is 0 Å². The SMILES string of the molecule is CCc1cc(N2CCCC2CBr)nc(C)n1. The Labute approximate surface area is 105 Å². The van der Waals surface area contributed by atoms with E-state index in [0.29, 0.717) is 6.04 Å². The zero-order chi connectivity index (χ0) is 11.5. The summed E-state index contributed by atoms with van der Waals surface area (Å²) < 4.78 is 0. The first kappa shape index (κ1) is 11.8. The molecule has 0 amide bonds. The Morgan fingerprint density at radius 3 is 3.00 bits per heavy atom. The van der Waals surface area contributed by atoms with Gasteiger partial charge in [0.25, 0.3) is 0 Å². The summed E-state index contributed by atoms with van der Waals surface area (Å²) in [4.78, 5) is 11.4. The maximum absolute atomic E-state index is 4.56. The zero-order valence-electron chi connectivity index (χ0n) is 9.91. The molecular formula is C12H18BrN3. The van der Waals surface area contributed by atoms with Crippen LogP contribution in [0.25, 0.3) is 0 Å². The fourth-order valence-electron chi connectivity index (χ4n) is 2.24. The first-order chi connectivity index (χ1) is 7.74. The van der Waals surface area contributed by atoms with Crippen LogP contribution in [0.3, 0.4) is 0 Å². The maximum Gasteiger partial charge on any atom is 0.132 e. The smallest absolute Gasteiger partial charge is 0.132 e. The highest BCUT2D eigenvalue weighted by atomic mass is 79.9. The van der Waals surface area contributed by atoms with Crippen LogP contribution < -0.4 is 4.90 Å². The van der Waals surface area contributed by atoms with Crippen LogP contribution in [-0.4, -0.2) is 27.9 Å². The van der Waals surface area contributed by atoms with Gasteiger partial charge in [-0.15, -0.1) is 0 Å². The molecule has 0 spiro atoms. The zero-order valence-corrected chi connectivity index (χ0v) is 11.5. The monoisotopic (exact) mass is 283 g/mol. The molecule has 0 saturated carbocycles. The molecule has 0 aliphatic carbocycles. The third kappa shape index (κ3) is 2.37. The fraction of sp³-hybridized carbons (Fsp3) is 0.667. The second kappa shape index (κ2) is 5.13. The number of anilines is 1. The van der Waals surface area contributed by atoms with Crippen LogP contribution in [0.2, 0.25) is 0 Å². The van der Waals surface area contributed by atoms with E-state index in [-0.39, 0.29) is 0 Å². The van der Waals surface area contributed by atoms with Gasteiger partial charge < -0.3 is 4.90 Å². The van der Waals surface area contributed by atoms with Crippen molar-refractivity contribution in [2.24, 2.45) is 0 Å². The molecule has 2 heterocycles. The topological polar surface area (TPSA) is 29.0 Å². The molecule has 16 heavy (non-hydrogen) atoms. The van der Waals surface area contributed by atoms with Crippen LogP contribution in [0.5, 0.6) is 0 Å². The molecule has 1 aliphatic heterocycles. The van der Waals surface area contributed by atoms with E-state index in [0.717, 1.165) is 35.6 Å². The number of rotatable bonds is 3. The number of halogens is 1. The van der Waals surface area contributed by atoms with Crippen LogP contribution in [0.4, 0.5) is 5.82 Å². The number of hydrogen-bond acceptors (Lipinski definition) is 3. The van der Waals surface area contributed by atoms with E-state index in [2.05, 4.69) is 43.8 Å². The Balaban J connectivity index is 2.28. The lowest BCUT2D eigenvalue weighted by Crippen LogP contribution is -2.31. The van der Waals surface area contributed by atoms with Crippen molar-refractivity contribution in [2.45, 2.75) is 39.2 Å². The van der Waals surface area contributed by atoms with Gasteiger partial charge in [0.05, 0.1) is 0 Å². The summed E-state index contributed by atoms with van der Waals surface area (Å²) in [5.74, 6) is 1.99. The highest BCUT2D eigenvalue weighted by molar-refractivity contribution is 9.09. The van der Waals surface area contributed by atoms with Gasteiger partial charge in [0.15, 0.2) is 0 Å². The van der Waals surface area contributed by atoms with Crippen LogP contribution in [0.15, 0.2) is 6.07 Å². The molecule has 1 aromatic heterocycles. The summed E-state index contributed by atoms with van der Waals surface area (Å²) in [5.41, 5.74) is 1.14. The Hall–Kier alpha value is -0.640. The molecular weight excluding hydrogens is 266 g/mol. The van der Waals surface area contributed by atoms with E-state index >= 15 is 0 Å². The Bertz CT molecular complexity index is 367. The Morgan fingerprint density at radius 1 is 1.50 bits per heavy atom. The third-order valence-corrected chi connectivity index (χ3v) is 3.84. The minimum Gasteiger partial charge on any atom is -0.353 e. The van der Waals surface area contributed by atoms with Gasteiger partial charge >= 0.3 is 0 Å². The summed E-state index contributed by atoms with van der Waals surface area (Å²) in [6.45, 7) is 5.23. The van der Waals surface area contributed by atoms with Crippen molar-refractivity contribution in [1.82, 2.24) is 9.97 Å². The van der Waals surface area contributed by atoms with Crippen LogP contribution in [0, 0.1) is 6.92 Å². The molecule has 1 unspecified atom stereocenters. The van der Waals surface area contributed by atoms with E-state index in [1.165, 1.54) is 12.8 Å². The second-order valence-corrected chi connectivity index (χ2v) is 4.91. The van der Waals surface area contributed by atoms with E-state index in [1.807, 2.05) is 6.92 Å². The first-order valence-corrected chi connectivity index (χ1v) is 7.04. The molecule has 3 nitrogen and oxygen atoms in total. The quantitative estimate of drug-likeness (QED) is 0.799. The number of aryl methyl sites for hydroxylation is 2. The highest BCUT2D eigenvalue weighted by Gasteiger charge is 2.24. The minimum atomic E-state index is 0.596. The lowest BCUT2D eigenvalue weighted by atomic mass is 10.2. The van der Waals surface area contributed by atoms with Gasteiger partial charge in [0.2, 0.25) is 0 Å². The maximum atomic E-state index is 4.56. The van der Waals surface area contributed by atoms with Gasteiger partial charge in [-0.1, -0.05) is 22.9 Å². The van der Waals surface area contributed by atoms with E-state index < -0.39 is 0 Å². The van der Waals surface area contributed by atoms with Crippen molar-refractivity contribution < 1.29 is 0 Å². The number of hydrogen-bond donors (Lipinski definition) is 0. The van der Waals surface area contributed by atoms with Crippen molar-refractivity contribution in [3.8, 4) is 0 Å². The molecule has 0 radical (unpaired) electrons. The molecule has 0 bridgehead atoms. The molecule has 1 atom stereocenters. The average molecular weight is 284 g/mol. The van der Waals surface area contributed by atoms with Crippen molar-refractivity contribution in [3.63, 3.8) is 0 Å². The predicted octanol–water partition coefficient (Wildman–Crippen LogP) is 2.71. The summed E-state index contributed by atoms with van der Waals surface area (Å²) in [6.07, 6.45) is 3.50. The molecule has 4 heteroatoms. The van der Waals surface area contributed by atoms with Crippen LogP contribution in [0.1, 0.15) is 31.3 Å². The molecule has 0 aromatic carbocycles. The molecule has 1 fully saturated rings. The number of alkyl halides is 1. The average Bonchev–Trinajstić information content (AvgIpc) is 2.76. The minimum absolute atomic E-state index is 0.596. The van der Waals surface area contributed by atoms with Gasteiger partial charge in [0, 0.05) is 29.7 Å². The van der Waals surface area contributed by atoms with Crippen molar-refractivity contribution in [3.05, 3.63) is 17.6 Å². The van der Waals surface area contributed by atoms with Crippen LogP contribution in [-0.2, 0) is 6.42 Å². The summed E-state index contributed by atoms with van der Waals surface area (Å²) in [7, 11) is 0. The largest absolute Gasteiger partial charge is 0.353 e. The predicted molar refractivity (Wildman–Crippen MR) is 70.3 cm³/mol. The molecule has 1 aromatic rings. The molecule has 2 rings (SSSR count). The van der Waals surface area contributed by atoms with Gasteiger partial charge in [-0.25, -0.2) is 9.97 Å². The normalized spacial score (nSPS) is 20.4. The first-order valence-electron chi connectivity index (χ1n) is 5.91. The Morgan fingerprint density at radius 2 is 2.31 bits per heavy atom. The standard InChI is InChI=1S/C12H18BrN3/c1-3-10-7-12(15-9(2)14-10)16-6-4-5-11(16)8-13/h7,11H,3-6,8H2,1-2H3. The van der Waals surface area contributed by atoms with E-state index in [1.54, 1.807) is 0 Å². The van der Waals surface area contributed by atoms with Gasteiger partial charge in [-0.2, -0.15) is 0 Å². The summed E-state index contributed by atoms with van der Waals surface area (Å²) in [6, 6.07) is 2.73. The highest BCUT2D eigenvalue weighted by Crippen LogP contribution is 2.25. The molecule has 1 saturated heterocycles. The third-order valence-electron chi connectivity index (χ3n) is 3.09. The number of aromatic nitrogens is 2. The molecule has 1 aliphatic rings. The lowest BCUT2D eigenvalue weighted by molar-refractivity contribution is 0.736. The Kier molecular flexibility index (Phi) is 3.79. The lowest BCUT2D eigenvalue weighted by Gasteiger charge is -2.24. The molecule has 88 valence electrons. The molecule has 0 N–H and O–H groups in total. The van der Waals surface area contributed by atoms with E-state index in [4.69, 9.17) is 0 Å². The fourth-order valence-corrected chi connectivity index (χ4v) is 2.91. The second-order valence-electron chi connectivity index (χ2n) is 4.26. The van der Waals surface area contributed by atoms with Gasteiger partial charge in [0.1, 0.15) is 11.6 Å². The van der Waals surface area contributed by atoms with Gasteiger partial charge in [-0.3, -0.25) is 0 Å². The summed E-state index contributed by atoms with van der Waals surface area (Å²) >= 11 is 3.58. The number of nitrogens with zero attached hydrogens (tertiary/aromatic N) is 3. The summed E-state index contributed by atoms with van der Waals surface area (Å²) in [5, 5.41) is 1.03. The van der Waals surface area contributed by atoms with Crippen LogP contribution >= 0.6 is 15.9 Å². The van der Waals surface area contributed by atoms with E-state index in [9.17, 15) is 0 Å². The van der Waals surface area contributed by atoms with Gasteiger partial charge in [-0.05, 0) is 26.2 Å². The van der Waals surface area contributed by atoms with Crippen molar-refractivity contribution in [2.75, 3.05) is 16.8 Å².